The first-order valence-electron chi connectivity index (χ1n) is 5.94. The number of nitrogens with two attached hydrogens (primary N) is 1. The fourth-order valence-electron chi connectivity index (χ4n) is 1.34. The number of pyridine rings is 1. The van der Waals surface area contributed by atoms with E-state index in [0.29, 0.717) is 13.2 Å². The summed E-state index contributed by atoms with van der Waals surface area (Å²) in [5.74, 6) is -0.309. The Morgan fingerprint density at radius 3 is 2.63 bits per heavy atom. The Bertz CT molecular complexity index is 441. The van der Waals surface area contributed by atoms with Gasteiger partial charge in [-0.05, 0) is 26.8 Å². The summed E-state index contributed by atoms with van der Waals surface area (Å²) in [5.41, 5.74) is 5.98. The first-order chi connectivity index (χ1) is 8.85. The summed E-state index contributed by atoms with van der Waals surface area (Å²) in [6, 6.07) is 1.49. The Morgan fingerprint density at radius 2 is 2.05 bits per heavy atom. The molecule has 2 N–H and O–H groups in total. The van der Waals surface area contributed by atoms with E-state index in [1.54, 1.807) is 0 Å². The first kappa shape index (κ1) is 15.2. The third-order valence-electron chi connectivity index (χ3n) is 2.22. The molecular weight excluding hydrogens is 248 g/mol. The van der Waals surface area contributed by atoms with Crippen LogP contribution in [0.5, 0.6) is 5.88 Å². The molecule has 0 aromatic carbocycles. The Hall–Kier alpha value is -1.82. The number of hydrogen-bond donors (Lipinski definition) is 1. The van der Waals surface area contributed by atoms with Gasteiger partial charge in [0.1, 0.15) is 12.3 Å². The molecule has 106 valence electrons. The molecule has 0 spiro atoms. The Morgan fingerprint density at radius 1 is 1.37 bits per heavy atom. The van der Waals surface area contributed by atoms with Crippen molar-refractivity contribution >= 4 is 11.7 Å². The van der Waals surface area contributed by atoms with E-state index in [1.165, 1.54) is 19.4 Å². The first-order valence-corrected chi connectivity index (χ1v) is 5.94. The molecule has 0 saturated heterocycles. The Labute approximate surface area is 112 Å². The number of carbonyl (C=O) groups excluding carboxylic acids is 1. The quantitative estimate of drug-likeness (QED) is 0.645. The number of anilines is 1. The summed E-state index contributed by atoms with van der Waals surface area (Å²) in [4.78, 5) is 15.4. The van der Waals surface area contributed by atoms with Gasteiger partial charge in [0.2, 0.25) is 5.88 Å². The molecule has 0 saturated carbocycles. The molecule has 0 aliphatic rings. The third-order valence-corrected chi connectivity index (χ3v) is 2.22. The van der Waals surface area contributed by atoms with Crippen LogP contribution >= 0.6 is 0 Å². The van der Waals surface area contributed by atoms with Crippen LogP contribution in [-0.4, -0.2) is 36.9 Å². The molecule has 0 aliphatic carbocycles. The molecule has 0 unspecified atom stereocenters. The number of nitrogens with zero attached hydrogens (tertiary/aromatic N) is 1. The van der Waals surface area contributed by atoms with E-state index in [9.17, 15) is 4.79 Å². The highest BCUT2D eigenvalue weighted by Crippen LogP contribution is 2.22. The number of carbonyl (C=O) groups is 1. The molecule has 0 amide bonds. The zero-order valence-electron chi connectivity index (χ0n) is 11.7. The number of nitrogen functional groups attached to an aromatic ring is 1. The van der Waals surface area contributed by atoms with Crippen LogP contribution in [0.4, 0.5) is 5.69 Å². The van der Waals surface area contributed by atoms with Crippen LogP contribution in [-0.2, 0) is 9.47 Å². The molecule has 0 fully saturated rings. The molecule has 0 aliphatic heterocycles. The van der Waals surface area contributed by atoms with Crippen molar-refractivity contribution < 1.29 is 19.0 Å². The van der Waals surface area contributed by atoms with Gasteiger partial charge in [-0.25, -0.2) is 9.78 Å². The summed E-state index contributed by atoms with van der Waals surface area (Å²) < 4.78 is 15.5. The maximum Gasteiger partial charge on any atom is 0.340 e. The van der Waals surface area contributed by atoms with E-state index in [0.717, 1.165) is 0 Å². The largest absolute Gasteiger partial charge is 0.474 e. The number of methoxy groups -OCH3 is 1. The second kappa shape index (κ2) is 6.38. The average Bonchev–Trinajstić information content (AvgIpc) is 2.34. The lowest BCUT2D eigenvalue weighted by Gasteiger charge is -2.19. The van der Waals surface area contributed by atoms with E-state index < -0.39 is 5.97 Å². The molecule has 1 aromatic rings. The minimum absolute atomic E-state index is 0.171. The lowest BCUT2D eigenvalue weighted by molar-refractivity contribution is -0.0167. The standard InChI is InChI=1S/C13H20N2O4/c1-13(2,3)19-8-7-18-11-10(14)9(5-6-15-11)12(16)17-4/h5-6H,7-8,14H2,1-4H3. The number of hydrogen-bond acceptors (Lipinski definition) is 6. The third kappa shape index (κ3) is 4.75. The summed E-state index contributed by atoms with van der Waals surface area (Å²) in [6.07, 6.45) is 1.45. The van der Waals surface area contributed by atoms with Crippen molar-refractivity contribution in [2.24, 2.45) is 0 Å². The van der Waals surface area contributed by atoms with E-state index >= 15 is 0 Å². The van der Waals surface area contributed by atoms with Crippen LogP contribution in [0.1, 0.15) is 31.1 Å². The number of aromatic nitrogens is 1. The smallest absolute Gasteiger partial charge is 0.340 e. The number of esters is 1. The van der Waals surface area contributed by atoms with Crippen LogP contribution in [0.3, 0.4) is 0 Å². The van der Waals surface area contributed by atoms with Crippen molar-refractivity contribution in [1.82, 2.24) is 4.98 Å². The molecule has 6 nitrogen and oxygen atoms in total. The SMILES string of the molecule is COC(=O)c1ccnc(OCCOC(C)(C)C)c1N. The summed E-state index contributed by atoms with van der Waals surface area (Å²) in [7, 11) is 1.29. The molecule has 6 heteroatoms. The second-order valence-electron chi connectivity index (χ2n) is 4.88. The van der Waals surface area contributed by atoms with Crippen LogP contribution < -0.4 is 10.5 Å². The second-order valence-corrected chi connectivity index (χ2v) is 4.88. The zero-order chi connectivity index (χ0) is 14.5. The zero-order valence-corrected chi connectivity index (χ0v) is 11.7. The monoisotopic (exact) mass is 268 g/mol. The molecule has 1 rings (SSSR count). The van der Waals surface area contributed by atoms with Crippen LogP contribution in [0, 0.1) is 0 Å². The molecule has 1 heterocycles. The van der Waals surface area contributed by atoms with Gasteiger partial charge in [-0.3, -0.25) is 0 Å². The summed E-state index contributed by atoms with van der Waals surface area (Å²) in [6.45, 7) is 6.58. The molecule has 19 heavy (non-hydrogen) atoms. The Kier molecular flexibility index (Phi) is 5.11. The van der Waals surface area contributed by atoms with Gasteiger partial charge >= 0.3 is 5.97 Å². The molecule has 0 atom stereocenters. The van der Waals surface area contributed by atoms with E-state index in [1.807, 2.05) is 20.8 Å². The highest BCUT2D eigenvalue weighted by molar-refractivity contribution is 5.95. The van der Waals surface area contributed by atoms with Gasteiger partial charge in [-0.1, -0.05) is 0 Å². The van der Waals surface area contributed by atoms with E-state index in [-0.39, 0.29) is 22.7 Å². The summed E-state index contributed by atoms with van der Waals surface area (Å²) in [5, 5.41) is 0. The van der Waals surface area contributed by atoms with Gasteiger partial charge in [0.15, 0.2) is 0 Å². The van der Waals surface area contributed by atoms with Gasteiger partial charge in [0, 0.05) is 6.20 Å². The van der Waals surface area contributed by atoms with Gasteiger partial charge < -0.3 is 19.9 Å². The molecule has 1 aromatic heterocycles. The molecule has 0 bridgehead atoms. The molecule has 0 radical (unpaired) electrons. The lowest BCUT2D eigenvalue weighted by atomic mass is 10.2. The summed E-state index contributed by atoms with van der Waals surface area (Å²) >= 11 is 0. The number of rotatable bonds is 5. The highest BCUT2D eigenvalue weighted by Gasteiger charge is 2.15. The van der Waals surface area contributed by atoms with Crippen molar-refractivity contribution in [1.29, 1.82) is 0 Å². The average molecular weight is 268 g/mol. The highest BCUT2D eigenvalue weighted by atomic mass is 16.5. The molecular formula is C13H20N2O4. The van der Waals surface area contributed by atoms with Crippen LogP contribution in [0.2, 0.25) is 0 Å². The van der Waals surface area contributed by atoms with Crippen LogP contribution in [0.25, 0.3) is 0 Å². The van der Waals surface area contributed by atoms with Crippen molar-refractivity contribution in [3.63, 3.8) is 0 Å². The fraction of sp³-hybridized carbons (Fsp3) is 0.538. The van der Waals surface area contributed by atoms with Crippen molar-refractivity contribution in [2.75, 3.05) is 26.1 Å². The van der Waals surface area contributed by atoms with Crippen LogP contribution in [0.15, 0.2) is 12.3 Å². The van der Waals surface area contributed by atoms with Crippen molar-refractivity contribution in [3.05, 3.63) is 17.8 Å². The maximum atomic E-state index is 11.4. The van der Waals surface area contributed by atoms with Gasteiger partial charge in [0.05, 0.1) is 24.9 Å². The minimum atomic E-state index is -0.518. The van der Waals surface area contributed by atoms with Crippen molar-refractivity contribution in [2.45, 2.75) is 26.4 Å². The van der Waals surface area contributed by atoms with Gasteiger partial charge in [0.25, 0.3) is 0 Å². The van der Waals surface area contributed by atoms with Gasteiger partial charge in [-0.2, -0.15) is 0 Å². The lowest BCUT2D eigenvalue weighted by Crippen LogP contribution is -2.22. The van der Waals surface area contributed by atoms with Crippen molar-refractivity contribution in [3.8, 4) is 5.88 Å². The maximum absolute atomic E-state index is 11.4. The predicted molar refractivity (Wildman–Crippen MR) is 71.2 cm³/mol. The van der Waals surface area contributed by atoms with Gasteiger partial charge in [-0.15, -0.1) is 0 Å². The Balaban J connectivity index is 2.62. The normalized spacial score (nSPS) is 11.2. The van der Waals surface area contributed by atoms with E-state index in [4.69, 9.17) is 15.2 Å². The topological polar surface area (TPSA) is 83.7 Å². The minimum Gasteiger partial charge on any atom is -0.474 e. The predicted octanol–water partition coefficient (Wildman–Crippen LogP) is 1.64. The number of ether oxygens (including phenoxy) is 3. The fourth-order valence-corrected chi connectivity index (χ4v) is 1.34. The van der Waals surface area contributed by atoms with E-state index in [2.05, 4.69) is 9.72 Å².